The van der Waals surface area contributed by atoms with Crippen LogP contribution in [0.25, 0.3) is 6.08 Å². The van der Waals surface area contributed by atoms with E-state index in [1.54, 1.807) is 42.2 Å². The first-order chi connectivity index (χ1) is 18.7. The third-order valence-electron chi connectivity index (χ3n) is 6.18. The number of amides is 3. The first-order valence-corrected chi connectivity index (χ1v) is 12.4. The third kappa shape index (κ3) is 6.10. The number of carbonyl (C=O) groups excluding carboxylic acids is 4. The zero-order valence-electron chi connectivity index (χ0n) is 21.5. The Bertz CT molecular complexity index is 1490. The summed E-state index contributed by atoms with van der Waals surface area (Å²) in [6.07, 6.45) is 1.47. The van der Waals surface area contributed by atoms with Gasteiger partial charge in [-0.05, 0) is 55.8 Å². The molecule has 3 aromatic rings. The van der Waals surface area contributed by atoms with Crippen LogP contribution in [0, 0.1) is 0 Å². The van der Waals surface area contributed by atoms with Gasteiger partial charge in [0.25, 0.3) is 5.91 Å². The Labute approximate surface area is 230 Å². The first kappa shape index (κ1) is 27.4. The van der Waals surface area contributed by atoms with Crippen molar-refractivity contribution in [2.45, 2.75) is 26.4 Å². The Morgan fingerprint density at radius 2 is 1.79 bits per heavy atom. The largest absolute Gasteiger partial charge is 0.465 e. The van der Waals surface area contributed by atoms with Crippen LogP contribution >= 0.6 is 11.6 Å². The summed E-state index contributed by atoms with van der Waals surface area (Å²) in [7, 11) is 1.25. The number of halogens is 1. The molecule has 0 spiro atoms. The van der Waals surface area contributed by atoms with E-state index in [1.807, 2.05) is 37.3 Å². The van der Waals surface area contributed by atoms with Gasteiger partial charge in [-0.2, -0.15) is 0 Å². The maximum absolute atomic E-state index is 13.5. The standard InChI is InChI=1S/C29H26ClN3O6/c1-17(19-8-5-4-6-9-19)33-18(2)25(29(37)38-3)24(28(33)36)15-22-12-13-23(39-22)16-31-26(34)27(35)32-21-11-7-10-20(30)14-21/h4-15,17H,16H2,1-3H3,(H,31,34)(H,32,35)/b24-15+/t17-/m0/s1. The van der Waals surface area contributed by atoms with Crippen LogP contribution in [0.1, 0.15) is 37.0 Å². The summed E-state index contributed by atoms with van der Waals surface area (Å²) >= 11 is 5.89. The molecule has 0 bridgehead atoms. The van der Waals surface area contributed by atoms with Crippen LogP contribution in [0.2, 0.25) is 5.02 Å². The molecule has 3 amide bonds. The molecule has 2 aromatic carbocycles. The monoisotopic (exact) mass is 547 g/mol. The second-order valence-electron chi connectivity index (χ2n) is 8.72. The molecule has 39 heavy (non-hydrogen) atoms. The number of methoxy groups -OCH3 is 1. The second kappa shape index (κ2) is 11.8. The van der Waals surface area contributed by atoms with E-state index >= 15 is 0 Å². The van der Waals surface area contributed by atoms with Gasteiger partial charge in [0.2, 0.25) is 0 Å². The van der Waals surface area contributed by atoms with Crippen molar-refractivity contribution in [1.29, 1.82) is 0 Å². The number of rotatable bonds is 7. The number of allylic oxidation sites excluding steroid dienone is 1. The maximum Gasteiger partial charge on any atom is 0.340 e. The molecule has 2 N–H and O–H groups in total. The minimum Gasteiger partial charge on any atom is -0.465 e. The number of benzene rings is 2. The fourth-order valence-electron chi connectivity index (χ4n) is 4.26. The van der Waals surface area contributed by atoms with E-state index in [9.17, 15) is 19.2 Å². The smallest absolute Gasteiger partial charge is 0.340 e. The molecule has 9 nitrogen and oxygen atoms in total. The lowest BCUT2D eigenvalue weighted by Crippen LogP contribution is -2.34. The Morgan fingerprint density at radius 1 is 1.05 bits per heavy atom. The SMILES string of the molecule is COC(=O)C1=C(C)N([C@@H](C)c2ccccc2)C(=O)/C1=C/c1ccc(CNC(=O)C(=O)Nc2cccc(Cl)c2)o1. The minimum absolute atomic E-state index is 0.0746. The van der Waals surface area contributed by atoms with Gasteiger partial charge in [0, 0.05) is 16.4 Å². The highest BCUT2D eigenvalue weighted by Crippen LogP contribution is 2.37. The summed E-state index contributed by atoms with van der Waals surface area (Å²) in [6, 6.07) is 18.8. The summed E-state index contributed by atoms with van der Waals surface area (Å²) in [5.74, 6) is -2.11. The Hall–Kier alpha value is -4.63. The van der Waals surface area contributed by atoms with Crippen LogP contribution in [0.4, 0.5) is 5.69 Å². The predicted octanol–water partition coefficient (Wildman–Crippen LogP) is 4.62. The molecule has 0 saturated carbocycles. The van der Waals surface area contributed by atoms with Gasteiger partial charge in [-0.3, -0.25) is 14.4 Å². The second-order valence-corrected chi connectivity index (χ2v) is 9.16. The molecule has 0 aliphatic carbocycles. The van der Waals surface area contributed by atoms with Gasteiger partial charge in [-0.25, -0.2) is 4.79 Å². The Kier molecular flexibility index (Phi) is 8.31. The molecule has 1 aliphatic rings. The van der Waals surface area contributed by atoms with Crippen LogP contribution in [-0.4, -0.2) is 35.7 Å². The Morgan fingerprint density at radius 3 is 2.49 bits per heavy atom. The number of nitrogens with one attached hydrogen (secondary N) is 2. The van der Waals surface area contributed by atoms with Crippen LogP contribution in [-0.2, 0) is 30.5 Å². The van der Waals surface area contributed by atoms with Crippen molar-refractivity contribution in [3.8, 4) is 0 Å². The van der Waals surface area contributed by atoms with Gasteiger partial charge in [-0.15, -0.1) is 0 Å². The van der Waals surface area contributed by atoms with Crippen molar-refractivity contribution in [3.63, 3.8) is 0 Å². The number of carbonyl (C=O) groups is 4. The molecule has 0 radical (unpaired) electrons. The van der Waals surface area contributed by atoms with Crippen LogP contribution in [0.5, 0.6) is 0 Å². The summed E-state index contributed by atoms with van der Waals surface area (Å²) in [5, 5.41) is 5.36. The van der Waals surface area contributed by atoms with E-state index in [0.717, 1.165) is 5.56 Å². The molecular weight excluding hydrogens is 522 g/mol. The van der Waals surface area contributed by atoms with E-state index in [2.05, 4.69) is 10.6 Å². The zero-order chi connectivity index (χ0) is 28.1. The predicted molar refractivity (Wildman–Crippen MR) is 145 cm³/mol. The van der Waals surface area contributed by atoms with Crippen molar-refractivity contribution in [3.05, 3.63) is 106 Å². The van der Waals surface area contributed by atoms with Gasteiger partial charge in [0.1, 0.15) is 11.5 Å². The molecule has 0 fully saturated rings. The van der Waals surface area contributed by atoms with E-state index < -0.39 is 17.8 Å². The molecule has 10 heteroatoms. The van der Waals surface area contributed by atoms with Crippen molar-refractivity contribution in [2.75, 3.05) is 12.4 Å². The van der Waals surface area contributed by atoms with E-state index in [1.165, 1.54) is 19.3 Å². The summed E-state index contributed by atoms with van der Waals surface area (Å²) < 4.78 is 10.7. The van der Waals surface area contributed by atoms with Gasteiger partial charge in [-0.1, -0.05) is 48.0 Å². The van der Waals surface area contributed by atoms with Gasteiger partial charge >= 0.3 is 17.8 Å². The van der Waals surface area contributed by atoms with Crippen LogP contribution in [0.15, 0.2) is 88.0 Å². The zero-order valence-corrected chi connectivity index (χ0v) is 22.2. The molecule has 4 rings (SSSR count). The van der Waals surface area contributed by atoms with E-state index in [-0.39, 0.29) is 35.4 Å². The number of hydrogen-bond acceptors (Lipinski definition) is 6. The fraction of sp³-hybridized carbons (Fsp3) is 0.172. The molecule has 0 saturated heterocycles. The van der Waals surface area contributed by atoms with Crippen molar-refractivity contribution in [1.82, 2.24) is 10.2 Å². The molecule has 1 aromatic heterocycles. The highest BCUT2D eigenvalue weighted by atomic mass is 35.5. The molecule has 0 unspecified atom stereocenters. The number of esters is 1. The van der Waals surface area contributed by atoms with E-state index in [0.29, 0.717) is 22.2 Å². The van der Waals surface area contributed by atoms with Crippen LogP contribution < -0.4 is 10.6 Å². The lowest BCUT2D eigenvalue weighted by atomic mass is 10.1. The quantitative estimate of drug-likeness (QED) is 0.253. The van der Waals surface area contributed by atoms with Gasteiger partial charge in [0.15, 0.2) is 0 Å². The topological polar surface area (TPSA) is 118 Å². The van der Waals surface area contributed by atoms with E-state index in [4.69, 9.17) is 20.8 Å². The highest BCUT2D eigenvalue weighted by Gasteiger charge is 2.39. The first-order valence-electron chi connectivity index (χ1n) is 12.0. The average Bonchev–Trinajstić information content (AvgIpc) is 3.48. The normalized spacial score (nSPS) is 14.9. The number of nitrogens with zero attached hydrogens (tertiary/aromatic N) is 1. The van der Waals surface area contributed by atoms with Crippen molar-refractivity contribution < 1.29 is 28.3 Å². The highest BCUT2D eigenvalue weighted by molar-refractivity contribution is 6.39. The fourth-order valence-corrected chi connectivity index (χ4v) is 4.45. The number of ether oxygens (including phenoxy) is 1. The summed E-state index contributed by atoms with van der Waals surface area (Å²) in [6.45, 7) is 3.50. The Balaban J connectivity index is 1.49. The maximum atomic E-state index is 13.5. The molecule has 2 heterocycles. The minimum atomic E-state index is -0.866. The summed E-state index contributed by atoms with van der Waals surface area (Å²) in [4.78, 5) is 52.1. The number of hydrogen-bond donors (Lipinski definition) is 2. The third-order valence-corrected chi connectivity index (χ3v) is 6.42. The van der Waals surface area contributed by atoms with Gasteiger partial charge < -0.3 is 24.7 Å². The van der Waals surface area contributed by atoms with Crippen molar-refractivity contribution in [2.24, 2.45) is 0 Å². The summed E-state index contributed by atoms with van der Waals surface area (Å²) in [5.41, 5.74) is 2.05. The lowest BCUT2D eigenvalue weighted by molar-refractivity contribution is -0.136. The molecule has 1 atom stereocenters. The average molecular weight is 548 g/mol. The van der Waals surface area contributed by atoms with Gasteiger partial charge in [0.05, 0.1) is 30.8 Å². The molecule has 200 valence electrons. The van der Waals surface area contributed by atoms with Crippen LogP contribution in [0.3, 0.4) is 0 Å². The van der Waals surface area contributed by atoms with Crippen molar-refractivity contribution >= 4 is 47.1 Å². The molecule has 1 aliphatic heterocycles. The number of furan rings is 1. The lowest BCUT2D eigenvalue weighted by Gasteiger charge is -2.26. The molecular formula is C29H26ClN3O6. The number of anilines is 1.